The Morgan fingerprint density at radius 1 is 1.30 bits per heavy atom. The maximum absolute atomic E-state index is 12.3. The molecule has 2 heterocycles. The van der Waals surface area contributed by atoms with E-state index in [4.69, 9.17) is 25.6 Å². The van der Waals surface area contributed by atoms with Crippen molar-refractivity contribution in [2.24, 2.45) is 0 Å². The summed E-state index contributed by atoms with van der Waals surface area (Å²) in [5.41, 5.74) is 0.765. The molecule has 23 heavy (non-hydrogen) atoms. The number of hydrogen-bond donors (Lipinski definition) is 1. The van der Waals surface area contributed by atoms with E-state index in [1.54, 1.807) is 31.2 Å². The van der Waals surface area contributed by atoms with Gasteiger partial charge in [0.05, 0.1) is 0 Å². The van der Waals surface area contributed by atoms with Gasteiger partial charge in [-0.1, -0.05) is 28.9 Å². The van der Waals surface area contributed by atoms with Gasteiger partial charge in [0.2, 0.25) is 11.6 Å². The third-order valence-corrected chi connectivity index (χ3v) is 3.41. The van der Waals surface area contributed by atoms with Crippen molar-refractivity contribution in [3.63, 3.8) is 0 Å². The van der Waals surface area contributed by atoms with Crippen LogP contribution in [0.4, 0.5) is 0 Å². The molecule has 0 bridgehead atoms. The van der Waals surface area contributed by atoms with Gasteiger partial charge >= 0.3 is 0 Å². The Labute approximate surface area is 137 Å². The summed E-state index contributed by atoms with van der Waals surface area (Å²) in [7, 11) is 0. The number of amides is 1. The highest BCUT2D eigenvalue weighted by atomic mass is 35.5. The first kappa shape index (κ1) is 15.4. The van der Waals surface area contributed by atoms with Gasteiger partial charge < -0.3 is 19.3 Å². The summed E-state index contributed by atoms with van der Waals surface area (Å²) in [6.45, 7) is 2.42. The lowest BCUT2D eigenvalue weighted by Gasteiger charge is -2.19. The van der Waals surface area contributed by atoms with Crippen LogP contribution in [0, 0.1) is 6.92 Å². The molecule has 1 atom stereocenters. The second-order valence-corrected chi connectivity index (χ2v) is 5.27. The van der Waals surface area contributed by atoms with Gasteiger partial charge in [0, 0.05) is 11.9 Å². The fourth-order valence-electron chi connectivity index (χ4n) is 2.07. The SMILES string of the molecule is Cc1nc([C@H](NC(=O)C2=COCCO2)c2ccc(Cl)cc2)no1. The van der Waals surface area contributed by atoms with Crippen molar-refractivity contribution in [3.8, 4) is 0 Å². The van der Waals surface area contributed by atoms with E-state index < -0.39 is 11.9 Å². The van der Waals surface area contributed by atoms with E-state index in [1.807, 2.05) is 0 Å². The average molecular weight is 336 g/mol. The second kappa shape index (κ2) is 6.70. The van der Waals surface area contributed by atoms with Crippen molar-refractivity contribution < 1.29 is 18.8 Å². The predicted octanol–water partition coefficient (Wildman–Crippen LogP) is 2.13. The van der Waals surface area contributed by atoms with Crippen LogP contribution in [0.5, 0.6) is 0 Å². The first-order valence-electron chi connectivity index (χ1n) is 6.94. The van der Waals surface area contributed by atoms with Crippen LogP contribution in [0.25, 0.3) is 0 Å². The van der Waals surface area contributed by atoms with Crippen LogP contribution in [0.15, 0.2) is 40.8 Å². The van der Waals surface area contributed by atoms with Gasteiger partial charge in [-0.2, -0.15) is 4.98 Å². The lowest BCUT2D eigenvalue weighted by molar-refractivity contribution is -0.122. The minimum Gasteiger partial charge on any atom is -0.494 e. The molecule has 1 aromatic carbocycles. The molecule has 1 aromatic heterocycles. The normalized spacial score (nSPS) is 15.1. The highest BCUT2D eigenvalue weighted by Crippen LogP contribution is 2.22. The van der Waals surface area contributed by atoms with E-state index in [0.717, 1.165) is 5.56 Å². The van der Waals surface area contributed by atoms with E-state index in [2.05, 4.69) is 15.5 Å². The van der Waals surface area contributed by atoms with Gasteiger partial charge in [0.15, 0.2) is 5.82 Å². The molecule has 0 unspecified atom stereocenters. The van der Waals surface area contributed by atoms with Gasteiger partial charge in [-0.25, -0.2) is 0 Å². The number of carbonyl (C=O) groups is 1. The van der Waals surface area contributed by atoms with Crippen molar-refractivity contribution in [3.05, 3.63) is 58.6 Å². The minimum atomic E-state index is -0.594. The van der Waals surface area contributed by atoms with E-state index >= 15 is 0 Å². The van der Waals surface area contributed by atoms with Gasteiger partial charge in [0.1, 0.15) is 25.5 Å². The summed E-state index contributed by atoms with van der Waals surface area (Å²) in [6.07, 6.45) is 1.29. The van der Waals surface area contributed by atoms with Crippen molar-refractivity contribution in [2.45, 2.75) is 13.0 Å². The molecule has 0 fully saturated rings. The molecule has 1 N–H and O–H groups in total. The molecule has 7 nitrogen and oxygen atoms in total. The van der Waals surface area contributed by atoms with Crippen LogP contribution in [-0.2, 0) is 14.3 Å². The Balaban J connectivity index is 1.87. The molecule has 0 aliphatic carbocycles. The minimum absolute atomic E-state index is 0.107. The van der Waals surface area contributed by atoms with Crippen LogP contribution in [0.1, 0.15) is 23.3 Å². The van der Waals surface area contributed by atoms with Gasteiger partial charge in [-0.05, 0) is 17.7 Å². The number of ether oxygens (including phenoxy) is 2. The predicted molar refractivity (Wildman–Crippen MR) is 80.5 cm³/mol. The van der Waals surface area contributed by atoms with E-state index in [9.17, 15) is 4.79 Å². The molecular weight excluding hydrogens is 322 g/mol. The van der Waals surface area contributed by atoms with Crippen molar-refractivity contribution in [2.75, 3.05) is 13.2 Å². The summed E-state index contributed by atoms with van der Waals surface area (Å²) < 4.78 is 15.4. The monoisotopic (exact) mass is 335 g/mol. The molecule has 0 radical (unpaired) electrons. The van der Waals surface area contributed by atoms with Crippen LogP contribution in [0.3, 0.4) is 0 Å². The number of nitrogens with zero attached hydrogens (tertiary/aromatic N) is 2. The number of nitrogens with one attached hydrogen (secondary N) is 1. The molecule has 0 saturated carbocycles. The third-order valence-electron chi connectivity index (χ3n) is 3.15. The summed E-state index contributed by atoms with van der Waals surface area (Å²) in [4.78, 5) is 16.5. The summed E-state index contributed by atoms with van der Waals surface area (Å²) in [5.74, 6) is 0.433. The number of halogens is 1. The van der Waals surface area contributed by atoms with Crippen LogP contribution >= 0.6 is 11.6 Å². The molecule has 8 heteroatoms. The molecule has 1 amide bonds. The molecule has 1 aliphatic rings. The van der Waals surface area contributed by atoms with Gasteiger partial charge in [-0.15, -0.1) is 0 Å². The number of hydrogen-bond acceptors (Lipinski definition) is 6. The largest absolute Gasteiger partial charge is 0.494 e. The Bertz CT molecular complexity index is 727. The Morgan fingerprint density at radius 2 is 2.09 bits per heavy atom. The number of aryl methyl sites for hydroxylation is 1. The number of aromatic nitrogens is 2. The van der Waals surface area contributed by atoms with Crippen molar-refractivity contribution in [1.29, 1.82) is 0 Å². The lowest BCUT2D eigenvalue weighted by atomic mass is 10.1. The summed E-state index contributed by atoms with van der Waals surface area (Å²) in [5, 5.41) is 7.29. The maximum Gasteiger partial charge on any atom is 0.290 e. The zero-order chi connectivity index (χ0) is 16.2. The van der Waals surface area contributed by atoms with Crippen LogP contribution in [-0.4, -0.2) is 29.3 Å². The van der Waals surface area contributed by atoms with E-state index in [0.29, 0.717) is 30.0 Å². The van der Waals surface area contributed by atoms with Crippen LogP contribution < -0.4 is 5.32 Å². The van der Waals surface area contributed by atoms with Crippen molar-refractivity contribution >= 4 is 17.5 Å². The molecule has 1 aliphatic heterocycles. The topological polar surface area (TPSA) is 86.5 Å². The van der Waals surface area contributed by atoms with Crippen molar-refractivity contribution in [1.82, 2.24) is 15.5 Å². The number of carbonyl (C=O) groups excluding carboxylic acids is 1. The van der Waals surface area contributed by atoms with E-state index in [1.165, 1.54) is 6.26 Å². The number of rotatable bonds is 4. The second-order valence-electron chi connectivity index (χ2n) is 4.83. The van der Waals surface area contributed by atoms with E-state index in [-0.39, 0.29) is 5.76 Å². The Kier molecular flexibility index (Phi) is 4.47. The van der Waals surface area contributed by atoms with Gasteiger partial charge in [-0.3, -0.25) is 4.79 Å². The molecule has 120 valence electrons. The standard InChI is InChI=1S/C15H14ClN3O4/c1-9-17-14(19-23-9)13(10-2-4-11(16)5-3-10)18-15(20)12-8-21-6-7-22-12/h2-5,8,13H,6-7H2,1H3,(H,18,20)/t13-/m1/s1. The maximum atomic E-state index is 12.3. The average Bonchev–Trinajstić information content (AvgIpc) is 3.00. The summed E-state index contributed by atoms with van der Waals surface area (Å²) >= 11 is 5.91. The summed E-state index contributed by atoms with van der Waals surface area (Å²) in [6, 6.07) is 6.42. The molecular formula is C15H14ClN3O4. The zero-order valence-corrected chi connectivity index (χ0v) is 13.0. The smallest absolute Gasteiger partial charge is 0.290 e. The highest BCUT2D eigenvalue weighted by Gasteiger charge is 2.25. The molecule has 3 rings (SSSR count). The highest BCUT2D eigenvalue weighted by molar-refractivity contribution is 6.30. The van der Waals surface area contributed by atoms with Crippen LogP contribution in [0.2, 0.25) is 5.02 Å². The Hall–Kier alpha value is -2.54. The third kappa shape index (κ3) is 3.62. The fourth-order valence-corrected chi connectivity index (χ4v) is 2.20. The zero-order valence-electron chi connectivity index (χ0n) is 12.3. The first-order chi connectivity index (χ1) is 11.1. The quantitative estimate of drug-likeness (QED) is 0.921. The lowest BCUT2D eigenvalue weighted by Crippen LogP contribution is -2.33. The molecule has 0 spiro atoms. The van der Waals surface area contributed by atoms with Gasteiger partial charge in [0.25, 0.3) is 5.91 Å². The Morgan fingerprint density at radius 3 is 2.70 bits per heavy atom. The first-order valence-corrected chi connectivity index (χ1v) is 7.32. The number of benzene rings is 1. The fraction of sp³-hybridized carbons (Fsp3) is 0.267. The molecule has 0 saturated heterocycles. The molecule has 2 aromatic rings.